The third-order valence-electron chi connectivity index (χ3n) is 3.16. The van der Waals surface area contributed by atoms with Crippen LogP contribution >= 0.6 is 0 Å². The maximum atomic E-state index is 11.9. The lowest BCUT2D eigenvalue weighted by Crippen LogP contribution is -2.14. The van der Waals surface area contributed by atoms with Gasteiger partial charge in [-0.05, 0) is 42.7 Å². The number of aryl methyl sites for hydroxylation is 2. The second-order valence-electron chi connectivity index (χ2n) is 4.83. The number of amides is 1. The van der Waals surface area contributed by atoms with E-state index in [2.05, 4.69) is 10.3 Å². The van der Waals surface area contributed by atoms with Gasteiger partial charge in [0, 0.05) is 6.42 Å². The lowest BCUT2D eigenvalue weighted by Gasteiger charge is -2.08. The number of nitrogens with one attached hydrogen (secondary N) is 1. The molecule has 2 rings (SSSR count). The van der Waals surface area contributed by atoms with Crippen molar-refractivity contribution >= 4 is 17.4 Å². The summed E-state index contributed by atoms with van der Waals surface area (Å²) in [6, 6.07) is 9.47. The Labute approximate surface area is 124 Å². The van der Waals surface area contributed by atoms with Gasteiger partial charge >= 0.3 is 0 Å². The number of aromatic nitrogens is 1. The first-order valence-electron chi connectivity index (χ1n) is 6.73. The molecule has 1 amide bonds. The van der Waals surface area contributed by atoms with Crippen molar-refractivity contribution < 1.29 is 9.53 Å². The van der Waals surface area contributed by atoms with Gasteiger partial charge in [0.05, 0.1) is 19.0 Å². The van der Waals surface area contributed by atoms with Crippen LogP contribution in [0.15, 0.2) is 36.5 Å². The molecule has 1 aromatic heterocycles. The minimum atomic E-state index is -0.0637. The molecule has 110 valence electrons. The number of methoxy groups -OCH3 is 1. The van der Waals surface area contributed by atoms with Crippen molar-refractivity contribution in [2.45, 2.75) is 19.8 Å². The fourth-order valence-electron chi connectivity index (χ4n) is 1.97. The highest BCUT2D eigenvalue weighted by atomic mass is 16.5. The number of pyridine rings is 1. The molecule has 21 heavy (non-hydrogen) atoms. The quantitative estimate of drug-likeness (QED) is 0.885. The molecule has 0 aliphatic heterocycles. The molecule has 2 aromatic rings. The molecule has 1 aromatic carbocycles. The number of hydrogen-bond donors (Lipinski definition) is 2. The number of nitrogens with two attached hydrogens (primary N) is 1. The normalized spacial score (nSPS) is 10.2. The predicted molar refractivity (Wildman–Crippen MR) is 83.3 cm³/mol. The summed E-state index contributed by atoms with van der Waals surface area (Å²) in [7, 11) is 1.63. The Morgan fingerprint density at radius 2 is 2.05 bits per heavy atom. The molecular formula is C16H19N3O2. The van der Waals surface area contributed by atoms with Gasteiger partial charge in [-0.3, -0.25) is 4.79 Å². The standard InChI is InChI=1S/C16H19N3O2/c1-11-9-13(17)10-18-16(11)19-15(20)8-5-12-3-6-14(21-2)7-4-12/h3-4,6-7,9-10H,5,8,17H2,1-2H3,(H,18,19,20). The molecule has 0 fully saturated rings. The monoisotopic (exact) mass is 285 g/mol. The molecule has 1 heterocycles. The van der Waals surface area contributed by atoms with Gasteiger partial charge in [0.15, 0.2) is 0 Å². The van der Waals surface area contributed by atoms with Crippen molar-refractivity contribution in [3.05, 3.63) is 47.7 Å². The van der Waals surface area contributed by atoms with Crippen LogP contribution in [0.25, 0.3) is 0 Å². The maximum absolute atomic E-state index is 11.9. The van der Waals surface area contributed by atoms with E-state index in [0.717, 1.165) is 16.9 Å². The van der Waals surface area contributed by atoms with E-state index in [1.165, 1.54) is 6.20 Å². The van der Waals surface area contributed by atoms with E-state index in [0.29, 0.717) is 24.3 Å². The van der Waals surface area contributed by atoms with Gasteiger partial charge in [-0.1, -0.05) is 12.1 Å². The van der Waals surface area contributed by atoms with Gasteiger partial charge in [-0.25, -0.2) is 4.98 Å². The molecule has 0 spiro atoms. The van der Waals surface area contributed by atoms with Crippen LogP contribution in [-0.4, -0.2) is 18.0 Å². The first-order chi connectivity index (χ1) is 10.1. The van der Waals surface area contributed by atoms with Crippen LogP contribution in [0.2, 0.25) is 0 Å². The second kappa shape index (κ2) is 6.74. The van der Waals surface area contributed by atoms with Crippen LogP contribution < -0.4 is 15.8 Å². The number of carbonyl (C=O) groups excluding carboxylic acids is 1. The van der Waals surface area contributed by atoms with Crippen molar-refractivity contribution in [1.82, 2.24) is 4.98 Å². The highest BCUT2D eigenvalue weighted by Crippen LogP contribution is 2.15. The van der Waals surface area contributed by atoms with Crippen LogP contribution in [0, 0.1) is 6.92 Å². The lowest BCUT2D eigenvalue weighted by molar-refractivity contribution is -0.116. The zero-order chi connectivity index (χ0) is 15.2. The molecule has 5 heteroatoms. The molecule has 3 N–H and O–H groups in total. The average molecular weight is 285 g/mol. The van der Waals surface area contributed by atoms with Gasteiger partial charge in [-0.15, -0.1) is 0 Å². The molecule has 0 aliphatic carbocycles. The predicted octanol–water partition coefficient (Wildman–Crippen LogP) is 2.55. The smallest absolute Gasteiger partial charge is 0.225 e. The largest absolute Gasteiger partial charge is 0.497 e. The minimum absolute atomic E-state index is 0.0637. The van der Waals surface area contributed by atoms with E-state index in [9.17, 15) is 4.79 Å². The van der Waals surface area contributed by atoms with Crippen LogP contribution in [0.4, 0.5) is 11.5 Å². The topological polar surface area (TPSA) is 77.2 Å². The number of anilines is 2. The van der Waals surface area contributed by atoms with Gasteiger partial charge in [0.1, 0.15) is 11.6 Å². The Balaban J connectivity index is 1.89. The summed E-state index contributed by atoms with van der Waals surface area (Å²) in [6.45, 7) is 1.86. The maximum Gasteiger partial charge on any atom is 0.225 e. The van der Waals surface area contributed by atoms with E-state index < -0.39 is 0 Å². The highest BCUT2D eigenvalue weighted by molar-refractivity contribution is 5.90. The van der Waals surface area contributed by atoms with Gasteiger partial charge < -0.3 is 15.8 Å². The molecule has 5 nitrogen and oxygen atoms in total. The van der Waals surface area contributed by atoms with Crippen LogP contribution in [0.5, 0.6) is 5.75 Å². The lowest BCUT2D eigenvalue weighted by atomic mass is 10.1. The van der Waals surface area contributed by atoms with Crippen molar-refractivity contribution in [1.29, 1.82) is 0 Å². The minimum Gasteiger partial charge on any atom is -0.497 e. The van der Waals surface area contributed by atoms with Gasteiger partial charge in [-0.2, -0.15) is 0 Å². The SMILES string of the molecule is COc1ccc(CCC(=O)Nc2ncc(N)cc2C)cc1. The Morgan fingerprint density at radius 1 is 1.33 bits per heavy atom. The third kappa shape index (κ3) is 4.21. The Morgan fingerprint density at radius 3 is 2.67 bits per heavy atom. The van der Waals surface area contributed by atoms with Crippen LogP contribution in [0.3, 0.4) is 0 Å². The Kier molecular flexibility index (Phi) is 4.77. The second-order valence-corrected chi connectivity index (χ2v) is 4.83. The summed E-state index contributed by atoms with van der Waals surface area (Å²) < 4.78 is 5.10. The molecule has 0 saturated heterocycles. The summed E-state index contributed by atoms with van der Waals surface area (Å²) in [5.74, 6) is 1.31. The zero-order valence-corrected chi connectivity index (χ0v) is 12.2. The summed E-state index contributed by atoms with van der Waals surface area (Å²) in [4.78, 5) is 16.1. The third-order valence-corrected chi connectivity index (χ3v) is 3.16. The number of hydrogen-bond acceptors (Lipinski definition) is 4. The number of nitrogens with zero attached hydrogens (tertiary/aromatic N) is 1. The first kappa shape index (κ1) is 14.8. The van der Waals surface area contributed by atoms with E-state index >= 15 is 0 Å². The Bertz CT molecular complexity index is 624. The molecule has 0 saturated carbocycles. The summed E-state index contributed by atoms with van der Waals surface area (Å²) in [5.41, 5.74) is 8.16. The fraction of sp³-hybridized carbons (Fsp3) is 0.250. The summed E-state index contributed by atoms with van der Waals surface area (Å²) in [5, 5.41) is 2.80. The molecule has 0 radical (unpaired) electrons. The number of carbonyl (C=O) groups is 1. The number of benzene rings is 1. The molecule has 0 unspecified atom stereocenters. The van der Waals surface area contributed by atoms with E-state index in [-0.39, 0.29) is 5.91 Å². The Hall–Kier alpha value is -2.56. The average Bonchev–Trinajstić information content (AvgIpc) is 2.48. The first-order valence-corrected chi connectivity index (χ1v) is 6.73. The molecule has 0 atom stereocenters. The van der Waals surface area contributed by atoms with Crippen molar-refractivity contribution in [3.8, 4) is 5.75 Å². The van der Waals surface area contributed by atoms with Crippen molar-refractivity contribution in [2.75, 3.05) is 18.2 Å². The van der Waals surface area contributed by atoms with Crippen LogP contribution in [-0.2, 0) is 11.2 Å². The number of nitrogen functional groups attached to an aromatic ring is 1. The van der Waals surface area contributed by atoms with E-state index in [4.69, 9.17) is 10.5 Å². The van der Waals surface area contributed by atoms with Crippen LogP contribution in [0.1, 0.15) is 17.5 Å². The van der Waals surface area contributed by atoms with Crippen molar-refractivity contribution in [3.63, 3.8) is 0 Å². The molecule has 0 bridgehead atoms. The van der Waals surface area contributed by atoms with E-state index in [1.807, 2.05) is 31.2 Å². The fourth-order valence-corrected chi connectivity index (χ4v) is 1.97. The number of ether oxygens (including phenoxy) is 1. The summed E-state index contributed by atoms with van der Waals surface area (Å²) >= 11 is 0. The number of rotatable bonds is 5. The van der Waals surface area contributed by atoms with Gasteiger partial charge in [0.25, 0.3) is 0 Å². The van der Waals surface area contributed by atoms with Crippen molar-refractivity contribution in [2.24, 2.45) is 0 Å². The summed E-state index contributed by atoms with van der Waals surface area (Å²) in [6.07, 6.45) is 2.60. The molecular weight excluding hydrogens is 266 g/mol. The zero-order valence-electron chi connectivity index (χ0n) is 12.2. The molecule has 0 aliphatic rings. The van der Waals surface area contributed by atoms with Gasteiger partial charge in [0.2, 0.25) is 5.91 Å². The van der Waals surface area contributed by atoms with E-state index in [1.54, 1.807) is 13.2 Å². The highest BCUT2D eigenvalue weighted by Gasteiger charge is 2.07.